The predicted octanol–water partition coefficient (Wildman–Crippen LogP) is 2.74. The van der Waals surface area contributed by atoms with Crippen LogP contribution < -0.4 is 0 Å². The van der Waals surface area contributed by atoms with Crippen LogP contribution in [0.25, 0.3) is 0 Å². The summed E-state index contributed by atoms with van der Waals surface area (Å²) in [4.78, 5) is 15.9. The van der Waals surface area contributed by atoms with Gasteiger partial charge in [-0.25, -0.2) is 4.98 Å². The lowest BCUT2D eigenvalue weighted by Gasteiger charge is -2.12. The number of carboxylic acid groups (broad SMARTS) is 1. The fourth-order valence-corrected chi connectivity index (χ4v) is 2.78. The number of thioether (sulfide) groups is 1. The van der Waals surface area contributed by atoms with Gasteiger partial charge in [0.1, 0.15) is 11.3 Å². The van der Waals surface area contributed by atoms with Crippen LogP contribution in [0.15, 0.2) is 53.6 Å². The van der Waals surface area contributed by atoms with Crippen LogP contribution in [-0.4, -0.2) is 21.3 Å². The number of nitriles is 1. The summed E-state index contributed by atoms with van der Waals surface area (Å²) in [6.45, 7) is 0. The first-order valence-electron chi connectivity index (χ1n) is 5.99. The summed E-state index contributed by atoms with van der Waals surface area (Å²) in [7, 11) is 0. The molecule has 0 amide bonds. The lowest BCUT2D eigenvalue weighted by atomic mass is 10.1. The van der Waals surface area contributed by atoms with Crippen molar-refractivity contribution in [2.45, 2.75) is 16.6 Å². The molecule has 1 aromatic heterocycles. The smallest absolute Gasteiger partial charge is 0.317 e. The first kappa shape index (κ1) is 14.1. The van der Waals surface area contributed by atoms with Crippen LogP contribution >= 0.6 is 11.8 Å². The van der Waals surface area contributed by atoms with Crippen LogP contribution in [-0.2, 0) is 11.2 Å². The number of rotatable bonds is 5. The second-order valence-corrected chi connectivity index (χ2v) is 5.34. The summed E-state index contributed by atoms with van der Waals surface area (Å²) in [5, 5.41) is 17.7. The maximum atomic E-state index is 11.4. The number of aliphatic carboxylic acids is 1. The molecule has 1 N–H and O–H groups in total. The number of pyridine rings is 1. The minimum absolute atomic E-state index is 0.261. The van der Waals surface area contributed by atoms with Crippen molar-refractivity contribution in [3.8, 4) is 6.07 Å². The molecule has 0 bridgehead atoms. The molecule has 100 valence electrons. The second-order valence-electron chi connectivity index (χ2n) is 4.10. The number of hydrogen-bond donors (Lipinski definition) is 1. The summed E-state index contributed by atoms with van der Waals surface area (Å²) in [5.74, 6) is -0.897. The largest absolute Gasteiger partial charge is 0.480 e. The van der Waals surface area contributed by atoms with Gasteiger partial charge in [0.25, 0.3) is 0 Å². The van der Waals surface area contributed by atoms with Crippen molar-refractivity contribution in [2.75, 3.05) is 0 Å². The van der Waals surface area contributed by atoms with Gasteiger partial charge in [-0.1, -0.05) is 30.3 Å². The quantitative estimate of drug-likeness (QED) is 0.854. The van der Waals surface area contributed by atoms with E-state index in [1.807, 2.05) is 36.4 Å². The Morgan fingerprint density at radius 1 is 1.30 bits per heavy atom. The van der Waals surface area contributed by atoms with E-state index in [0.717, 1.165) is 17.3 Å². The molecule has 0 aliphatic heterocycles. The first-order chi connectivity index (χ1) is 9.70. The maximum absolute atomic E-state index is 11.4. The number of carbonyl (C=O) groups is 1. The Labute approximate surface area is 121 Å². The van der Waals surface area contributed by atoms with Gasteiger partial charge in [0.2, 0.25) is 0 Å². The molecule has 1 unspecified atom stereocenters. The van der Waals surface area contributed by atoms with Crippen LogP contribution in [0.3, 0.4) is 0 Å². The van der Waals surface area contributed by atoms with E-state index in [4.69, 9.17) is 5.26 Å². The van der Waals surface area contributed by atoms with E-state index in [1.165, 1.54) is 6.20 Å². The normalized spacial score (nSPS) is 11.6. The molecule has 0 saturated heterocycles. The lowest BCUT2D eigenvalue weighted by molar-refractivity contribution is -0.136. The van der Waals surface area contributed by atoms with E-state index in [-0.39, 0.29) is 5.69 Å². The molecule has 0 saturated carbocycles. The minimum Gasteiger partial charge on any atom is -0.480 e. The molecule has 4 nitrogen and oxygen atoms in total. The Morgan fingerprint density at radius 3 is 2.70 bits per heavy atom. The van der Waals surface area contributed by atoms with E-state index in [9.17, 15) is 9.90 Å². The number of nitrogens with zero attached hydrogens (tertiary/aromatic N) is 2. The highest BCUT2D eigenvalue weighted by Gasteiger charge is 2.21. The number of aromatic nitrogens is 1. The van der Waals surface area contributed by atoms with Crippen molar-refractivity contribution in [2.24, 2.45) is 0 Å². The molecule has 2 rings (SSSR count). The summed E-state index contributed by atoms with van der Waals surface area (Å²) in [5.41, 5.74) is 1.21. The van der Waals surface area contributed by atoms with Crippen molar-refractivity contribution in [3.05, 3.63) is 59.9 Å². The summed E-state index contributed by atoms with van der Waals surface area (Å²) < 4.78 is 0. The zero-order valence-corrected chi connectivity index (χ0v) is 11.4. The Hall–Kier alpha value is -2.32. The Morgan fingerprint density at radius 2 is 2.05 bits per heavy atom. The number of hydrogen-bond acceptors (Lipinski definition) is 4. The van der Waals surface area contributed by atoms with Crippen LogP contribution in [0.2, 0.25) is 0 Å². The molecule has 0 aliphatic carbocycles. The van der Waals surface area contributed by atoms with Crippen molar-refractivity contribution in [1.82, 2.24) is 4.98 Å². The molecule has 1 aromatic carbocycles. The summed E-state index contributed by atoms with van der Waals surface area (Å²) in [6, 6.07) is 14.8. The van der Waals surface area contributed by atoms with Gasteiger partial charge in [0.05, 0.1) is 0 Å². The SMILES string of the molecule is N#Cc1ncccc1SC(Cc1ccccc1)C(=O)O. The fraction of sp³-hybridized carbons (Fsp3) is 0.133. The molecule has 0 radical (unpaired) electrons. The molecule has 5 heteroatoms. The molecule has 2 aromatic rings. The summed E-state index contributed by atoms with van der Waals surface area (Å²) in [6.07, 6.45) is 1.93. The Balaban J connectivity index is 2.18. The third kappa shape index (κ3) is 3.59. The molecule has 1 atom stereocenters. The Kier molecular flexibility index (Phi) is 4.75. The van der Waals surface area contributed by atoms with Gasteiger partial charge in [-0.3, -0.25) is 4.79 Å². The van der Waals surface area contributed by atoms with Crippen molar-refractivity contribution in [3.63, 3.8) is 0 Å². The van der Waals surface area contributed by atoms with Crippen molar-refractivity contribution < 1.29 is 9.90 Å². The minimum atomic E-state index is -0.897. The molecule has 1 heterocycles. The van der Waals surface area contributed by atoms with Crippen LogP contribution in [0, 0.1) is 11.3 Å². The topological polar surface area (TPSA) is 74.0 Å². The van der Waals surface area contributed by atoms with Gasteiger partial charge in [-0.15, -0.1) is 11.8 Å². The number of benzene rings is 1. The number of carboxylic acids is 1. The van der Waals surface area contributed by atoms with Gasteiger partial charge >= 0.3 is 5.97 Å². The highest BCUT2D eigenvalue weighted by molar-refractivity contribution is 8.00. The van der Waals surface area contributed by atoms with Gasteiger partial charge in [0, 0.05) is 11.1 Å². The molecule has 20 heavy (non-hydrogen) atoms. The monoisotopic (exact) mass is 284 g/mol. The molecular formula is C15H12N2O2S. The highest BCUT2D eigenvalue weighted by atomic mass is 32.2. The fourth-order valence-electron chi connectivity index (χ4n) is 1.73. The lowest BCUT2D eigenvalue weighted by Crippen LogP contribution is -2.19. The van der Waals surface area contributed by atoms with Gasteiger partial charge in [0.15, 0.2) is 5.69 Å². The van der Waals surface area contributed by atoms with E-state index in [0.29, 0.717) is 11.3 Å². The van der Waals surface area contributed by atoms with Gasteiger partial charge in [-0.05, 0) is 24.1 Å². The molecule has 0 spiro atoms. The standard InChI is InChI=1S/C15H12N2O2S/c16-10-12-13(7-4-8-17-12)20-14(15(18)19)9-11-5-2-1-3-6-11/h1-8,14H,9H2,(H,18,19). The van der Waals surface area contributed by atoms with Crippen LogP contribution in [0.4, 0.5) is 0 Å². The average molecular weight is 284 g/mol. The predicted molar refractivity (Wildman–Crippen MR) is 76.4 cm³/mol. The van der Waals surface area contributed by atoms with E-state index >= 15 is 0 Å². The third-order valence-corrected chi connectivity index (χ3v) is 3.92. The first-order valence-corrected chi connectivity index (χ1v) is 6.87. The molecule has 0 fully saturated rings. The molecular weight excluding hydrogens is 272 g/mol. The van der Waals surface area contributed by atoms with E-state index in [1.54, 1.807) is 12.1 Å². The Bertz CT molecular complexity index is 638. The van der Waals surface area contributed by atoms with Crippen LogP contribution in [0.5, 0.6) is 0 Å². The van der Waals surface area contributed by atoms with E-state index in [2.05, 4.69) is 4.98 Å². The van der Waals surface area contributed by atoms with Crippen molar-refractivity contribution in [1.29, 1.82) is 5.26 Å². The van der Waals surface area contributed by atoms with Crippen molar-refractivity contribution >= 4 is 17.7 Å². The van der Waals surface area contributed by atoms with Gasteiger partial charge in [-0.2, -0.15) is 5.26 Å². The zero-order valence-electron chi connectivity index (χ0n) is 10.6. The average Bonchev–Trinajstić information content (AvgIpc) is 2.48. The molecule has 0 aliphatic rings. The summed E-state index contributed by atoms with van der Waals surface area (Å²) >= 11 is 1.16. The zero-order chi connectivity index (χ0) is 14.4. The van der Waals surface area contributed by atoms with Gasteiger partial charge < -0.3 is 5.11 Å². The van der Waals surface area contributed by atoms with E-state index < -0.39 is 11.2 Å². The maximum Gasteiger partial charge on any atom is 0.317 e. The highest BCUT2D eigenvalue weighted by Crippen LogP contribution is 2.27. The third-order valence-electron chi connectivity index (χ3n) is 2.69. The van der Waals surface area contributed by atoms with Crippen LogP contribution in [0.1, 0.15) is 11.3 Å². The second kappa shape index (κ2) is 6.73.